The fourth-order valence-corrected chi connectivity index (χ4v) is 1.99. The summed E-state index contributed by atoms with van der Waals surface area (Å²) in [5.41, 5.74) is 3.95. The summed E-state index contributed by atoms with van der Waals surface area (Å²) in [6.07, 6.45) is 0. The highest BCUT2D eigenvalue weighted by Gasteiger charge is 2.08. The van der Waals surface area contributed by atoms with E-state index in [9.17, 15) is 4.79 Å². The Kier molecular flexibility index (Phi) is 4.18. The van der Waals surface area contributed by atoms with E-state index >= 15 is 0 Å². The minimum Gasteiger partial charge on any atom is -0.380 e. The van der Waals surface area contributed by atoms with Crippen LogP contribution in [0.2, 0.25) is 0 Å². The van der Waals surface area contributed by atoms with Gasteiger partial charge in [-0.25, -0.2) is 0 Å². The lowest BCUT2D eigenvalue weighted by Crippen LogP contribution is -2.19. The largest absolute Gasteiger partial charge is 0.380 e. The topological polar surface area (TPSA) is 41.1 Å². The molecule has 0 unspecified atom stereocenters. The van der Waals surface area contributed by atoms with Crippen LogP contribution >= 0.6 is 0 Å². The third kappa shape index (κ3) is 3.35. The van der Waals surface area contributed by atoms with Gasteiger partial charge in [-0.1, -0.05) is 42.0 Å². The normalized spacial score (nSPS) is 10.0. The van der Waals surface area contributed by atoms with Gasteiger partial charge in [0.05, 0.1) is 5.56 Å². The maximum Gasteiger partial charge on any atom is 0.253 e. The first kappa shape index (κ1) is 13.1. The summed E-state index contributed by atoms with van der Waals surface area (Å²) in [4.78, 5) is 11.7. The Morgan fingerprint density at radius 1 is 1.11 bits per heavy atom. The molecular formula is C16H18N2O. The number of amides is 1. The molecule has 0 saturated heterocycles. The second-order valence-corrected chi connectivity index (χ2v) is 4.47. The minimum atomic E-state index is -0.0765. The van der Waals surface area contributed by atoms with E-state index in [1.165, 1.54) is 11.1 Å². The molecule has 0 saturated carbocycles. The van der Waals surface area contributed by atoms with E-state index in [1.54, 1.807) is 7.05 Å². The molecule has 0 fully saturated rings. The second-order valence-electron chi connectivity index (χ2n) is 4.47. The van der Waals surface area contributed by atoms with E-state index in [1.807, 2.05) is 30.3 Å². The molecular weight excluding hydrogens is 236 g/mol. The van der Waals surface area contributed by atoms with Crippen molar-refractivity contribution in [1.29, 1.82) is 0 Å². The van der Waals surface area contributed by atoms with E-state index in [2.05, 4.69) is 35.8 Å². The summed E-state index contributed by atoms with van der Waals surface area (Å²) in [5, 5.41) is 5.96. The van der Waals surface area contributed by atoms with Crippen molar-refractivity contribution in [3.8, 4) is 0 Å². The zero-order valence-electron chi connectivity index (χ0n) is 11.2. The number of rotatable bonds is 4. The van der Waals surface area contributed by atoms with E-state index in [0.29, 0.717) is 12.1 Å². The average Bonchev–Trinajstić information content (AvgIpc) is 2.45. The van der Waals surface area contributed by atoms with Crippen LogP contribution in [-0.4, -0.2) is 13.0 Å². The molecule has 0 aromatic heterocycles. The first-order valence-electron chi connectivity index (χ1n) is 6.31. The lowest BCUT2D eigenvalue weighted by Gasteiger charge is -2.11. The van der Waals surface area contributed by atoms with E-state index in [-0.39, 0.29) is 5.91 Å². The van der Waals surface area contributed by atoms with Crippen molar-refractivity contribution in [2.45, 2.75) is 13.5 Å². The maximum absolute atomic E-state index is 11.7. The standard InChI is InChI=1S/C16H18N2O/c1-12-6-5-7-13(10-12)11-18-15-9-4-3-8-14(15)16(19)17-2/h3-10,18H,11H2,1-2H3,(H,17,19). The molecule has 0 atom stereocenters. The van der Waals surface area contributed by atoms with Crippen molar-refractivity contribution in [3.05, 3.63) is 65.2 Å². The molecule has 0 aliphatic carbocycles. The fraction of sp³-hybridized carbons (Fsp3) is 0.188. The predicted molar refractivity (Wildman–Crippen MR) is 78.3 cm³/mol. The van der Waals surface area contributed by atoms with Gasteiger partial charge in [-0.15, -0.1) is 0 Å². The molecule has 0 heterocycles. The molecule has 2 rings (SSSR count). The molecule has 98 valence electrons. The van der Waals surface area contributed by atoms with Crippen LogP contribution in [0.3, 0.4) is 0 Å². The van der Waals surface area contributed by atoms with Crippen molar-refractivity contribution < 1.29 is 4.79 Å². The van der Waals surface area contributed by atoms with Gasteiger partial charge in [-0.3, -0.25) is 4.79 Å². The van der Waals surface area contributed by atoms with E-state index < -0.39 is 0 Å². The molecule has 19 heavy (non-hydrogen) atoms. The van der Waals surface area contributed by atoms with Gasteiger partial charge in [0.25, 0.3) is 5.91 Å². The van der Waals surface area contributed by atoms with Crippen LogP contribution in [0.1, 0.15) is 21.5 Å². The molecule has 2 N–H and O–H groups in total. The molecule has 1 amide bonds. The van der Waals surface area contributed by atoms with Crippen LogP contribution in [0, 0.1) is 6.92 Å². The predicted octanol–water partition coefficient (Wildman–Crippen LogP) is 2.97. The van der Waals surface area contributed by atoms with E-state index in [0.717, 1.165) is 5.69 Å². The number of para-hydroxylation sites is 1. The Morgan fingerprint density at radius 3 is 2.63 bits per heavy atom. The van der Waals surface area contributed by atoms with Gasteiger partial charge in [0.1, 0.15) is 0 Å². The Morgan fingerprint density at radius 2 is 1.89 bits per heavy atom. The SMILES string of the molecule is CNC(=O)c1ccccc1NCc1cccc(C)c1. The highest BCUT2D eigenvalue weighted by molar-refractivity contribution is 5.99. The summed E-state index contributed by atoms with van der Waals surface area (Å²) in [7, 11) is 1.64. The van der Waals surface area contributed by atoms with Crippen LogP contribution in [0.4, 0.5) is 5.69 Å². The number of aryl methyl sites for hydroxylation is 1. The van der Waals surface area contributed by atoms with Crippen molar-refractivity contribution in [2.24, 2.45) is 0 Å². The highest BCUT2D eigenvalue weighted by atomic mass is 16.1. The lowest BCUT2D eigenvalue weighted by atomic mass is 10.1. The number of carbonyl (C=O) groups is 1. The molecule has 2 aromatic carbocycles. The summed E-state index contributed by atoms with van der Waals surface area (Å²) >= 11 is 0. The van der Waals surface area contributed by atoms with Gasteiger partial charge in [0.2, 0.25) is 0 Å². The van der Waals surface area contributed by atoms with Crippen LogP contribution in [-0.2, 0) is 6.54 Å². The lowest BCUT2D eigenvalue weighted by molar-refractivity contribution is 0.0964. The van der Waals surface area contributed by atoms with Crippen LogP contribution < -0.4 is 10.6 Å². The zero-order valence-corrected chi connectivity index (χ0v) is 11.2. The first-order chi connectivity index (χ1) is 9.20. The Bertz CT molecular complexity index is 578. The second kappa shape index (κ2) is 6.05. The van der Waals surface area contributed by atoms with Gasteiger partial charge in [-0.05, 0) is 24.6 Å². The van der Waals surface area contributed by atoms with Gasteiger partial charge in [0, 0.05) is 19.3 Å². The Balaban J connectivity index is 2.13. The molecule has 0 aliphatic rings. The fourth-order valence-electron chi connectivity index (χ4n) is 1.99. The number of carbonyl (C=O) groups excluding carboxylic acids is 1. The third-order valence-electron chi connectivity index (χ3n) is 2.96. The summed E-state index contributed by atoms with van der Waals surface area (Å²) in [6.45, 7) is 2.78. The Hall–Kier alpha value is -2.29. The summed E-state index contributed by atoms with van der Waals surface area (Å²) in [5.74, 6) is -0.0765. The van der Waals surface area contributed by atoms with Crippen LogP contribution in [0.25, 0.3) is 0 Å². The number of hydrogen-bond donors (Lipinski definition) is 2. The smallest absolute Gasteiger partial charge is 0.253 e. The molecule has 2 aromatic rings. The number of nitrogens with one attached hydrogen (secondary N) is 2. The first-order valence-corrected chi connectivity index (χ1v) is 6.31. The zero-order chi connectivity index (χ0) is 13.7. The Labute approximate surface area is 113 Å². The molecule has 3 heteroatoms. The van der Waals surface area contributed by atoms with Gasteiger partial charge in [-0.2, -0.15) is 0 Å². The number of benzene rings is 2. The molecule has 0 bridgehead atoms. The summed E-state index contributed by atoms with van der Waals surface area (Å²) < 4.78 is 0. The van der Waals surface area contributed by atoms with Crippen molar-refractivity contribution >= 4 is 11.6 Å². The monoisotopic (exact) mass is 254 g/mol. The van der Waals surface area contributed by atoms with Crippen molar-refractivity contribution in [1.82, 2.24) is 5.32 Å². The molecule has 0 aliphatic heterocycles. The summed E-state index contributed by atoms with van der Waals surface area (Å²) in [6, 6.07) is 15.8. The van der Waals surface area contributed by atoms with Crippen molar-refractivity contribution in [2.75, 3.05) is 12.4 Å². The van der Waals surface area contributed by atoms with Gasteiger partial charge < -0.3 is 10.6 Å². The van der Waals surface area contributed by atoms with Gasteiger partial charge >= 0.3 is 0 Å². The van der Waals surface area contributed by atoms with Crippen LogP contribution in [0.15, 0.2) is 48.5 Å². The molecule has 3 nitrogen and oxygen atoms in total. The third-order valence-corrected chi connectivity index (χ3v) is 2.96. The minimum absolute atomic E-state index is 0.0765. The van der Waals surface area contributed by atoms with E-state index in [4.69, 9.17) is 0 Å². The highest BCUT2D eigenvalue weighted by Crippen LogP contribution is 2.16. The molecule has 0 radical (unpaired) electrons. The number of anilines is 1. The number of hydrogen-bond acceptors (Lipinski definition) is 2. The maximum atomic E-state index is 11.7. The van der Waals surface area contributed by atoms with Crippen LogP contribution in [0.5, 0.6) is 0 Å². The molecule has 0 spiro atoms. The quantitative estimate of drug-likeness (QED) is 0.880. The van der Waals surface area contributed by atoms with Gasteiger partial charge in [0.15, 0.2) is 0 Å². The average molecular weight is 254 g/mol. The van der Waals surface area contributed by atoms with Crippen molar-refractivity contribution in [3.63, 3.8) is 0 Å².